The Bertz CT molecular complexity index is 933. The SMILES string of the molecule is C=C(C)CN=c1scc(-c2ccco2)n1N=Cc1ccccc1O. The minimum Gasteiger partial charge on any atom is -0.507 e. The fourth-order valence-electron chi connectivity index (χ4n) is 2.03. The molecule has 0 aliphatic carbocycles. The van der Waals surface area contributed by atoms with Crippen LogP contribution in [-0.4, -0.2) is 22.5 Å². The first-order valence-corrected chi connectivity index (χ1v) is 8.25. The van der Waals surface area contributed by atoms with Crippen molar-refractivity contribution >= 4 is 17.6 Å². The molecule has 0 amide bonds. The Morgan fingerprint density at radius 3 is 2.88 bits per heavy atom. The van der Waals surface area contributed by atoms with E-state index in [2.05, 4.69) is 16.7 Å². The molecule has 0 aliphatic heterocycles. The highest BCUT2D eigenvalue weighted by Gasteiger charge is 2.09. The van der Waals surface area contributed by atoms with Gasteiger partial charge in [-0.25, -0.2) is 4.68 Å². The van der Waals surface area contributed by atoms with E-state index in [1.807, 2.05) is 30.5 Å². The number of phenolic OH excluding ortho intramolecular Hbond substituents is 1. The molecule has 2 aromatic heterocycles. The van der Waals surface area contributed by atoms with E-state index in [1.54, 1.807) is 35.4 Å². The van der Waals surface area contributed by atoms with Gasteiger partial charge in [0, 0.05) is 10.9 Å². The number of thiazole rings is 1. The number of aromatic nitrogens is 1. The second-order valence-corrected chi connectivity index (χ2v) is 6.11. The van der Waals surface area contributed by atoms with Crippen molar-refractivity contribution in [3.63, 3.8) is 0 Å². The zero-order valence-electron chi connectivity index (χ0n) is 13.2. The van der Waals surface area contributed by atoms with Crippen molar-refractivity contribution in [2.24, 2.45) is 10.1 Å². The minimum absolute atomic E-state index is 0.178. The number of benzene rings is 1. The maximum atomic E-state index is 9.89. The van der Waals surface area contributed by atoms with E-state index >= 15 is 0 Å². The van der Waals surface area contributed by atoms with E-state index in [-0.39, 0.29) is 5.75 Å². The van der Waals surface area contributed by atoms with Crippen LogP contribution < -0.4 is 4.80 Å². The molecule has 0 atom stereocenters. The van der Waals surface area contributed by atoms with Gasteiger partial charge in [-0.05, 0) is 31.2 Å². The third-order valence-corrected chi connectivity index (χ3v) is 4.05. The molecule has 3 aromatic rings. The molecule has 122 valence electrons. The molecule has 0 spiro atoms. The van der Waals surface area contributed by atoms with Crippen LogP contribution in [0, 0.1) is 0 Å². The molecule has 6 heteroatoms. The lowest BCUT2D eigenvalue weighted by Gasteiger charge is -2.01. The number of furan rings is 1. The van der Waals surface area contributed by atoms with Gasteiger partial charge in [-0.15, -0.1) is 11.3 Å². The van der Waals surface area contributed by atoms with Gasteiger partial charge >= 0.3 is 0 Å². The first-order chi connectivity index (χ1) is 11.6. The molecule has 3 rings (SSSR count). The lowest BCUT2D eigenvalue weighted by molar-refractivity contribution is 0.474. The molecular weight excluding hydrogens is 322 g/mol. The van der Waals surface area contributed by atoms with Gasteiger partial charge in [0.25, 0.3) is 0 Å². The van der Waals surface area contributed by atoms with Crippen LogP contribution in [0.15, 0.2) is 74.7 Å². The smallest absolute Gasteiger partial charge is 0.206 e. The maximum absolute atomic E-state index is 9.89. The van der Waals surface area contributed by atoms with Crippen LogP contribution in [0.3, 0.4) is 0 Å². The summed E-state index contributed by atoms with van der Waals surface area (Å²) < 4.78 is 7.19. The van der Waals surface area contributed by atoms with Crippen LogP contribution in [0.25, 0.3) is 11.5 Å². The summed E-state index contributed by atoms with van der Waals surface area (Å²) >= 11 is 1.47. The van der Waals surface area contributed by atoms with Gasteiger partial charge in [0.05, 0.1) is 19.0 Å². The summed E-state index contributed by atoms with van der Waals surface area (Å²) in [4.78, 5) is 5.27. The van der Waals surface area contributed by atoms with Crippen LogP contribution >= 0.6 is 11.3 Å². The maximum Gasteiger partial charge on any atom is 0.206 e. The van der Waals surface area contributed by atoms with Crippen LogP contribution in [0.5, 0.6) is 5.75 Å². The number of para-hydroxylation sites is 1. The third kappa shape index (κ3) is 3.55. The first kappa shape index (κ1) is 16.0. The molecule has 1 aromatic carbocycles. The van der Waals surface area contributed by atoms with Crippen molar-refractivity contribution in [1.29, 1.82) is 0 Å². The Morgan fingerprint density at radius 2 is 2.17 bits per heavy atom. The topological polar surface area (TPSA) is 63.0 Å². The summed E-state index contributed by atoms with van der Waals surface area (Å²) in [5, 5.41) is 16.3. The Labute approximate surface area is 143 Å². The second-order valence-electron chi connectivity index (χ2n) is 5.27. The van der Waals surface area contributed by atoms with Gasteiger partial charge in [0.15, 0.2) is 5.76 Å². The van der Waals surface area contributed by atoms with Crippen molar-refractivity contribution in [3.8, 4) is 17.2 Å². The molecule has 5 nitrogen and oxygen atoms in total. The Morgan fingerprint density at radius 1 is 1.33 bits per heavy atom. The predicted molar refractivity (Wildman–Crippen MR) is 96.4 cm³/mol. The van der Waals surface area contributed by atoms with Crippen LogP contribution in [-0.2, 0) is 0 Å². The molecule has 1 N–H and O–H groups in total. The van der Waals surface area contributed by atoms with Crippen LogP contribution in [0.1, 0.15) is 12.5 Å². The van der Waals surface area contributed by atoms with Crippen molar-refractivity contribution in [2.45, 2.75) is 6.92 Å². The van der Waals surface area contributed by atoms with Gasteiger partial charge in [0.2, 0.25) is 4.80 Å². The third-order valence-electron chi connectivity index (χ3n) is 3.19. The van der Waals surface area contributed by atoms with Crippen molar-refractivity contribution in [3.05, 3.63) is 70.6 Å². The molecule has 0 saturated heterocycles. The summed E-state index contributed by atoms with van der Waals surface area (Å²) in [5.41, 5.74) is 2.41. The molecule has 0 fully saturated rings. The van der Waals surface area contributed by atoms with E-state index < -0.39 is 0 Å². The summed E-state index contributed by atoms with van der Waals surface area (Å²) in [7, 11) is 0. The number of rotatable bonds is 5. The lowest BCUT2D eigenvalue weighted by atomic mass is 10.2. The number of hydrogen-bond acceptors (Lipinski definition) is 5. The molecule has 0 saturated carbocycles. The van der Waals surface area contributed by atoms with E-state index in [4.69, 9.17) is 4.42 Å². The number of nitrogens with zero attached hydrogens (tertiary/aromatic N) is 3. The average Bonchev–Trinajstić information content (AvgIpc) is 3.21. The van der Waals surface area contributed by atoms with E-state index in [1.165, 1.54) is 11.3 Å². The van der Waals surface area contributed by atoms with Crippen LogP contribution in [0.4, 0.5) is 0 Å². The molecule has 0 aliphatic rings. The van der Waals surface area contributed by atoms with Gasteiger partial charge in [-0.1, -0.05) is 24.3 Å². The predicted octanol–water partition coefficient (Wildman–Crippen LogP) is 3.87. The zero-order chi connectivity index (χ0) is 16.9. The van der Waals surface area contributed by atoms with E-state index in [0.29, 0.717) is 17.9 Å². The van der Waals surface area contributed by atoms with Gasteiger partial charge in [0.1, 0.15) is 11.4 Å². The zero-order valence-corrected chi connectivity index (χ0v) is 14.0. The second kappa shape index (κ2) is 7.14. The summed E-state index contributed by atoms with van der Waals surface area (Å²) in [6, 6.07) is 10.7. The van der Waals surface area contributed by atoms with Crippen molar-refractivity contribution in [1.82, 2.24) is 4.68 Å². The highest BCUT2D eigenvalue weighted by atomic mass is 32.1. The molecule has 0 bridgehead atoms. The van der Waals surface area contributed by atoms with E-state index in [0.717, 1.165) is 16.1 Å². The van der Waals surface area contributed by atoms with Gasteiger partial charge in [-0.2, -0.15) is 5.10 Å². The highest BCUT2D eigenvalue weighted by molar-refractivity contribution is 7.07. The highest BCUT2D eigenvalue weighted by Crippen LogP contribution is 2.21. The fourth-order valence-corrected chi connectivity index (χ4v) is 2.85. The standard InChI is InChI=1S/C18H17N3O2S/c1-13(2)10-19-18-21(15(12-24-18)17-8-5-9-23-17)20-11-14-6-3-4-7-16(14)22/h3-9,11-12,22H,1,10H2,2H3. The molecule has 24 heavy (non-hydrogen) atoms. The minimum atomic E-state index is 0.178. The molecular formula is C18H17N3O2S. The summed E-state index contributed by atoms with van der Waals surface area (Å²) in [5.74, 6) is 0.884. The summed E-state index contributed by atoms with van der Waals surface area (Å²) in [6.45, 7) is 6.34. The Kier molecular flexibility index (Phi) is 4.77. The lowest BCUT2D eigenvalue weighted by Crippen LogP contribution is -2.12. The largest absolute Gasteiger partial charge is 0.507 e. The average molecular weight is 339 g/mol. The number of aromatic hydroxyl groups is 1. The Hall–Kier alpha value is -2.86. The Balaban J connectivity index is 2.06. The fraction of sp³-hybridized carbons (Fsp3) is 0.111. The molecule has 2 heterocycles. The van der Waals surface area contributed by atoms with Crippen molar-refractivity contribution < 1.29 is 9.52 Å². The molecule has 0 unspecified atom stereocenters. The first-order valence-electron chi connectivity index (χ1n) is 7.37. The van der Waals surface area contributed by atoms with Gasteiger partial charge < -0.3 is 9.52 Å². The quantitative estimate of drug-likeness (QED) is 0.566. The van der Waals surface area contributed by atoms with Crippen LogP contribution in [0.2, 0.25) is 0 Å². The monoisotopic (exact) mass is 339 g/mol. The van der Waals surface area contributed by atoms with Crippen molar-refractivity contribution in [2.75, 3.05) is 6.54 Å². The molecule has 0 radical (unpaired) electrons. The van der Waals surface area contributed by atoms with E-state index in [9.17, 15) is 5.11 Å². The summed E-state index contributed by atoms with van der Waals surface area (Å²) in [6.07, 6.45) is 3.23. The number of hydrogen-bond donors (Lipinski definition) is 1. The van der Waals surface area contributed by atoms with Gasteiger partial charge in [-0.3, -0.25) is 4.99 Å². The normalized spacial score (nSPS) is 12.1. The number of phenols is 1.